The predicted octanol–water partition coefficient (Wildman–Crippen LogP) is 2.86. The van der Waals surface area contributed by atoms with Crippen molar-refractivity contribution >= 4 is 28.9 Å². The van der Waals surface area contributed by atoms with Crippen LogP contribution < -0.4 is 10.6 Å². The highest BCUT2D eigenvalue weighted by Crippen LogP contribution is 2.33. The van der Waals surface area contributed by atoms with Crippen molar-refractivity contribution in [2.75, 3.05) is 17.7 Å². The molecule has 3 N–H and O–H groups in total. The van der Waals surface area contributed by atoms with Gasteiger partial charge >= 0.3 is 5.97 Å². The SMILES string of the molecule is CCC(C)N(C)c1c(Cl)cc(N)cc1C(=O)O. The maximum absolute atomic E-state index is 11.2. The molecule has 1 rings (SSSR count). The van der Waals surface area contributed by atoms with E-state index in [1.165, 1.54) is 6.07 Å². The molecule has 0 radical (unpaired) electrons. The number of hydrogen-bond acceptors (Lipinski definition) is 3. The van der Waals surface area contributed by atoms with E-state index in [4.69, 9.17) is 17.3 Å². The molecule has 0 saturated heterocycles. The van der Waals surface area contributed by atoms with Gasteiger partial charge in [-0.1, -0.05) is 18.5 Å². The van der Waals surface area contributed by atoms with E-state index in [1.807, 2.05) is 25.8 Å². The third-order valence-corrected chi connectivity index (χ3v) is 3.21. The van der Waals surface area contributed by atoms with Crippen LogP contribution in [-0.4, -0.2) is 24.2 Å². The first-order chi connectivity index (χ1) is 7.88. The van der Waals surface area contributed by atoms with Gasteiger partial charge in [-0.2, -0.15) is 0 Å². The molecule has 0 saturated carbocycles. The molecule has 0 spiro atoms. The zero-order chi connectivity index (χ0) is 13.2. The molecular formula is C12H17ClN2O2. The highest BCUT2D eigenvalue weighted by molar-refractivity contribution is 6.34. The van der Waals surface area contributed by atoms with Crippen molar-refractivity contribution in [1.82, 2.24) is 0 Å². The Morgan fingerprint density at radius 2 is 2.18 bits per heavy atom. The van der Waals surface area contributed by atoms with Crippen molar-refractivity contribution in [2.45, 2.75) is 26.3 Å². The lowest BCUT2D eigenvalue weighted by atomic mass is 10.1. The monoisotopic (exact) mass is 256 g/mol. The van der Waals surface area contributed by atoms with Gasteiger partial charge in [0.15, 0.2) is 0 Å². The molecule has 4 nitrogen and oxygen atoms in total. The minimum absolute atomic E-state index is 0.137. The van der Waals surface area contributed by atoms with Crippen molar-refractivity contribution in [3.8, 4) is 0 Å². The summed E-state index contributed by atoms with van der Waals surface area (Å²) in [6.07, 6.45) is 0.899. The normalized spacial score (nSPS) is 12.2. The first-order valence-corrected chi connectivity index (χ1v) is 5.81. The smallest absolute Gasteiger partial charge is 0.337 e. The molecule has 0 aliphatic rings. The average molecular weight is 257 g/mol. The van der Waals surface area contributed by atoms with E-state index in [2.05, 4.69) is 0 Å². The van der Waals surface area contributed by atoms with E-state index in [9.17, 15) is 9.90 Å². The minimum Gasteiger partial charge on any atom is -0.478 e. The Morgan fingerprint density at radius 1 is 1.59 bits per heavy atom. The number of carboxylic acid groups (broad SMARTS) is 1. The summed E-state index contributed by atoms with van der Waals surface area (Å²) >= 11 is 6.09. The zero-order valence-corrected chi connectivity index (χ0v) is 11.0. The van der Waals surface area contributed by atoms with Crippen molar-refractivity contribution in [1.29, 1.82) is 0 Å². The van der Waals surface area contributed by atoms with E-state index in [-0.39, 0.29) is 11.6 Å². The third kappa shape index (κ3) is 2.82. The molecule has 17 heavy (non-hydrogen) atoms. The first-order valence-electron chi connectivity index (χ1n) is 5.43. The molecule has 0 heterocycles. The summed E-state index contributed by atoms with van der Waals surface area (Å²) in [6, 6.07) is 3.21. The van der Waals surface area contributed by atoms with Crippen molar-refractivity contribution in [3.05, 3.63) is 22.7 Å². The highest BCUT2D eigenvalue weighted by atomic mass is 35.5. The number of benzene rings is 1. The third-order valence-electron chi connectivity index (χ3n) is 2.92. The summed E-state index contributed by atoms with van der Waals surface area (Å²) in [5, 5.41) is 9.54. The number of nitrogens with two attached hydrogens (primary N) is 1. The molecular weight excluding hydrogens is 240 g/mol. The molecule has 94 valence electrons. The average Bonchev–Trinajstić information content (AvgIpc) is 2.26. The Bertz CT molecular complexity index is 435. The lowest BCUT2D eigenvalue weighted by Gasteiger charge is -2.28. The molecule has 0 aliphatic carbocycles. The quantitative estimate of drug-likeness (QED) is 0.813. The molecule has 0 fully saturated rings. The molecule has 1 atom stereocenters. The Kier molecular flexibility index (Phi) is 4.23. The molecule has 0 amide bonds. The number of hydrogen-bond donors (Lipinski definition) is 2. The molecule has 5 heteroatoms. The number of nitrogens with zero attached hydrogens (tertiary/aromatic N) is 1. The van der Waals surface area contributed by atoms with Crippen LogP contribution in [0, 0.1) is 0 Å². The van der Waals surface area contributed by atoms with E-state index in [0.29, 0.717) is 16.4 Å². The van der Waals surface area contributed by atoms with E-state index >= 15 is 0 Å². The van der Waals surface area contributed by atoms with Gasteiger partial charge in [-0.25, -0.2) is 4.79 Å². The van der Waals surface area contributed by atoms with Crippen LogP contribution in [0.15, 0.2) is 12.1 Å². The Hall–Kier alpha value is -1.42. The maximum Gasteiger partial charge on any atom is 0.337 e. The van der Waals surface area contributed by atoms with Crippen LogP contribution in [0.1, 0.15) is 30.6 Å². The summed E-state index contributed by atoms with van der Waals surface area (Å²) in [4.78, 5) is 13.1. The first kappa shape index (κ1) is 13.6. The number of rotatable bonds is 4. The van der Waals surface area contributed by atoms with Gasteiger partial charge in [-0.15, -0.1) is 0 Å². The second-order valence-corrected chi connectivity index (χ2v) is 4.48. The summed E-state index contributed by atoms with van der Waals surface area (Å²) in [7, 11) is 1.83. The number of nitrogen functional groups attached to an aromatic ring is 1. The molecule has 0 aromatic heterocycles. The lowest BCUT2D eigenvalue weighted by Crippen LogP contribution is -2.30. The molecule has 0 aliphatic heterocycles. The Labute approximate surface area is 106 Å². The van der Waals surface area contributed by atoms with Gasteiger partial charge in [0, 0.05) is 18.8 Å². The maximum atomic E-state index is 11.2. The van der Waals surface area contributed by atoms with Crippen molar-refractivity contribution in [3.63, 3.8) is 0 Å². The minimum atomic E-state index is -1.02. The Balaban J connectivity index is 3.35. The summed E-state index contributed by atoms with van der Waals surface area (Å²) in [5.41, 5.74) is 6.62. The second kappa shape index (κ2) is 5.27. The predicted molar refractivity (Wildman–Crippen MR) is 71.0 cm³/mol. The van der Waals surface area contributed by atoms with Crippen LogP contribution in [-0.2, 0) is 0 Å². The molecule has 1 aromatic carbocycles. The van der Waals surface area contributed by atoms with Crippen LogP contribution >= 0.6 is 11.6 Å². The fourth-order valence-corrected chi connectivity index (χ4v) is 2.00. The van der Waals surface area contributed by atoms with Crippen LogP contribution in [0.3, 0.4) is 0 Å². The number of halogens is 1. The lowest BCUT2D eigenvalue weighted by molar-refractivity contribution is 0.0697. The number of anilines is 2. The van der Waals surface area contributed by atoms with Gasteiger partial charge in [0.25, 0.3) is 0 Å². The van der Waals surface area contributed by atoms with Gasteiger partial charge in [-0.3, -0.25) is 0 Å². The second-order valence-electron chi connectivity index (χ2n) is 4.07. The topological polar surface area (TPSA) is 66.6 Å². The van der Waals surface area contributed by atoms with E-state index in [0.717, 1.165) is 6.42 Å². The van der Waals surface area contributed by atoms with Crippen LogP contribution in [0.2, 0.25) is 5.02 Å². The van der Waals surface area contributed by atoms with Crippen molar-refractivity contribution < 1.29 is 9.90 Å². The molecule has 1 aromatic rings. The summed E-state index contributed by atoms with van der Waals surface area (Å²) in [5.74, 6) is -1.02. The fraction of sp³-hybridized carbons (Fsp3) is 0.417. The number of carboxylic acids is 1. The van der Waals surface area contributed by atoms with E-state index < -0.39 is 5.97 Å². The summed E-state index contributed by atoms with van der Waals surface area (Å²) < 4.78 is 0. The van der Waals surface area contributed by atoms with Gasteiger partial charge in [0.2, 0.25) is 0 Å². The molecule has 1 unspecified atom stereocenters. The molecule has 0 bridgehead atoms. The van der Waals surface area contributed by atoms with Gasteiger partial charge in [0.05, 0.1) is 16.3 Å². The highest BCUT2D eigenvalue weighted by Gasteiger charge is 2.20. The summed E-state index contributed by atoms with van der Waals surface area (Å²) in [6.45, 7) is 4.05. The van der Waals surface area contributed by atoms with Gasteiger partial charge < -0.3 is 15.7 Å². The van der Waals surface area contributed by atoms with Crippen molar-refractivity contribution in [2.24, 2.45) is 0 Å². The largest absolute Gasteiger partial charge is 0.478 e. The number of carbonyl (C=O) groups is 1. The van der Waals surface area contributed by atoms with Crippen LogP contribution in [0.4, 0.5) is 11.4 Å². The van der Waals surface area contributed by atoms with E-state index in [1.54, 1.807) is 6.07 Å². The Morgan fingerprint density at radius 3 is 2.65 bits per heavy atom. The van der Waals surface area contributed by atoms with Gasteiger partial charge in [-0.05, 0) is 25.5 Å². The van der Waals surface area contributed by atoms with Crippen LogP contribution in [0.5, 0.6) is 0 Å². The number of aromatic carboxylic acids is 1. The zero-order valence-electron chi connectivity index (χ0n) is 10.2. The fourth-order valence-electron chi connectivity index (χ4n) is 1.64. The van der Waals surface area contributed by atoms with Crippen LogP contribution in [0.25, 0.3) is 0 Å². The van der Waals surface area contributed by atoms with Gasteiger partial charge in [0.1, 0.15) is 0 Å². The standard InChI is InChI=1S/C12H17ClN2O2/c1-4-7(2)15(3)11-9(12(16)17)5-8(14)6-10(11)13/h5-7H,4,14H2,1-3H3,(H,16,17).